The van der Waals surface area contributed by atoms with Gasteiger partial charge in [-0.3, -0.25) is 4.79 Å². The van der Waals surface area contributed by atoms with Crippen molar-refractivity contribution < 1.29 is 14.7 Å². The summed E-state index contributed by atoms with van der Waals surface area (Å²) in [6, 6.07) is 6.01. The van der Waals surface area contributed by atoms with Gasteiger partial charge in [0, 0.05) is 5.56 Å². The molecule has 13 heavy (non-hydrogen) atoms. The van der Waals surface area contributed by atoms with Gasteiger partial charge >= 0.3 is 5.97 Å². The molecule has 0 spiro atoms. The smallest absolute Gasteiger partial charge is 0.336 e. The predicted molar refractivity (Wildman–Crippen MR) is 48.3 cm³/mol. The number of benzene rings is 1. The fourth-order valence-electron chi connectivity index (χ4n) is 1.02. The number of carbonyl (C=O) groups is 2. The van der Waals surface area contributed by atoms with E-state index in [9.17, 15) is 9.59 Å². The minimum absolute atomic E-state index is 0.00190. The minimum Gasteiger partial charge on any atom is -0.478 e. The molecule has 0 heterocycles. The van der Waals surface area contributed by atoms with Crippen molar-refractivity contribution in [3.63, 3.8) is 0 Å². The number of aromatic carboxylic acids is 1. The first-order valence-corrected chi connectivity index (χ1v) is 3.72. The Morgan fingerprint density at radius 1 is 1.23 bits per heavy atom. The summed E-state index contributed by atoms with van der Waals surface area (Å²) in [6.07, 6.45) is -0.176. The molecular formula is C9H7BO3. The van der Waals surface area contributed by atoms with Crippen LogP contribution in [0.3, 0.4) is 0 Å². The van der Waals surface area contributed by atoms with Gasteiger partial charge in [-0.1, -0.05) is 18.2 Å². The average Bonchev–Trinajstić information content (AvgIpc) is 2.16. The van der Waals surface area contributed by atoms with E-state index in [-0.39, 0.29) is 23.2 Å². The van der Waals surface area contributed by atoms with Gasteiger partial charge in [-0.05, 0) is 12.4 Å². The molecule has 1 aromatic carbocycles. The summed E-state index contributed by atoms with van der Waals surface area (Å²) < 4.78 is 0. The lowest BCUT2D eigenvalue weighted by molar-refractivity contribution is 0.0692. The van der Waals surface area contributed by atoms with Crippen LogP contribution in [0.15, 0.2) is 24.3 Å². The molecule has 4 heteroatoms. The third-order valence-corrected chi connectivity index (χ3v) is 1.64. The predicted octanol–water partition coefficient (Wildman–Crippen LogP) is 1.15. The summed E-state index contributed by atoms with van der Waals surface area (Å²) in [7, 11) is 5.13. The molecule has 0 saturated heterocycles. The Labute approximate surface area is 76.8 Å². The zero-order valence-electron chi connectivity index (χ0n) is 6.86. The van der Waals surface area contributed by atoms with Crippen molar-refractivity contribution in [3.05, 3.63) is 35.4 Å². The van der Waals surface area contributed by atoms with Crippen LogP contribution in [-0.4, -0.2) is 24.7 Å². The van der Waals surface area contributed by atoms with Crippen LogP contribution < -0.4 is 0 Å². The summed E-state index contributed by atoms with van der Waals surface area (Å²) in [5.74, 6) is -1.48. The fourth-order valence-corrected chi connectivity index (χ4v) is 1.02. The number of hydrogen-bond acceptors (Lipinski definition) is 2. The Bertz CT molecular complexity index is 346. The first kappa shape index (κ1) is 9.51. The van der Waals surface area contributed by atoms with E-state index in [4.69, 9.17) is 13.0 Å². The molecule has 1 rings (SSSR count). The summed E-state index contributed by atoms with van der Waals surface area (Å²) in [5, 5.41) is 8.72. The van der Waals surface area contributed by atoms with Crippen molar-refractivity contribution in [2.75, 3.05) is 0 Å². The zero-order valence-corrected chi connectivity index (χ0v) is 6.86. The van der Waals surface area contributed by atoms with Crippen molar-refractivity contribution in [1.29, 1.82) is 0 Å². The molecule has 0 bridgehead atoms. The van der Waals surface area contributed by atoms with Gasteiger partial charge in [-0.15, -0.1) is 0 Å². The third kappa shape index (κ3) is 1.96. The largest absolute Gasteiger partial charge is 0.478 e. The van der Waals surface area contributed by atoms with Gasteiger partial charge in [0.1, 0.15) is 0 Å². The van der Waals surface area contributed by atoms with E-state index in [0.717, 1.165) is 0 Å². The molecule has 3 nitrogen and oxygen atoms in total. The molecule has 0 fully saturated rings. The summed E-state index contributed by atoms with van der Waals surface area (Å²) in [4.78, 5) is 21.8. The van der Waals surface area contributed by atoms with E-state index in [1.807, 2.05) is 0 Å². The van der Waals surface area contributed by atoms with E-state index in [2.05, 4.69) is 0 Å². The van der Waals surface area contributed by atoms with E-state index >= 15 is 0 Å². The summed E-state index contributed by atoms with van der Waals surface area (Å²) >= 11 is 0. The lowest BCUT2D eigenvalue weighted by Crippen LogP contribution is -2.07. The van der Waals surface area contributed by atoms with Crippen molar-refractivity contribution in [3.8, 4) is 0 Å². The molecule has 2 radical (unpaired) electrons. The van der Waals surface area contributed by atoms with Crippen LogP contribution in [0.2, 0.25) is 6.32 Å². The van der Waals surface area contributed by atoms with Crippen LogP contribution in [0.1, 0.15) is 20.7 Å². The first-order chi connectivity index (χ1) is 6.16. The molecule has 0 aliphatic carbocycles. The normalized spacial score (nSPS) is 9.54. The van der Waals surface area contributed by atoms with E-state index in [1.165, 1.54) is 12.1 Å². The van der Waals surface area contributed by atoms with Crippen molar-refractivity contribution >= 4 is 19.6 Å². The quantitative estimate of drug-likeness (QED) is 0.552. The van der Waals surface area contributed by atoms with Crippen LogP contribution >= 0.6 is 0 Å². The number of carbonyl (C=O) groups excluding carboxylic acids is 1. The molecule has 0 aromatic heterocycles. The highest BCUT2D eigenvalue weighted by atomic mass is 16.4. The molecule has 0 unspecified atom stereocenters. The second-order valence-corrected chi connectivity index (χ2v) is 2.48. The molecule has 0 aliphatic rings. The van der Waals surface area contributed by atoms with Gasteiger partial charge in [0.2, 0.25) is 0 Å². The SMILES string of the molecule is [B]CC(=O)c1ccccc1C(=O)O. The molecule has 0 aliphatic heterocycles. The Morgan fingerprint density at radius 3 is 2.23 bits per heavy atom. The van der Waals surface area contributed by atoms with Crippen molar-refractivity contribution in [2.24, 2.45) is 0 Å². The van der Waals surface area contributed by atoms with Gasteiger partial charge in [-0.2, -0.15) is 0 Å². The van der Waals surface area contributed by atoms with Crippen LogP contribution in [0.25, 0.3) is 0 Å². The zero-order chi connectivity index (χ0) is 9.84. The molecular weight excluding hydrogens is 167 g/mol. The van der Waals surface area contributed by atoms with Crippen molar-refractivity contribution in [2.45, 2.75) is 6.32 Å². The topological polar surface area (TPSA) is 54.4 Å². The Morgan fingerprint density at radius 2 is 1.77 bits per heavy atom. The van der Waals surface area contributed by atoms with Gasteiger partial charge in [0.05, 0.1) is 13.4 Å². The van der Waals surface area contributed by atoms with E-state index < -0.39 is 5.97 Å². The third-order valence-electron chi connectivity index (χ3n) is 1.64. The monoisotopic (exact) mass is 174 g/mol. The van der Waals surface area contributed by atoms with E-state index in [0.29, 0.717) is 0 Å². The second kappa shape index (κ2) is 3.89. The lowest BCUT2D eigenvalue weighted by atomic mass is 9.93. The maximum absolute atomic E-state index is 11.2. The molecule has 0 amide bonds. The van der Waals surface area contributed by atoms with Crippen LogP contribution in [0.4, 0.5) is 0 Å². The number of carboxylic acid groups (broad SMARTS) is 1. The number of Topliss-reactive ketones (excluding diaryl/α,β-unsaturated/α-hetero) is 1. The second-order valence-electron chi connectivity index (χ2n) is 2.48. The van der Waals surface area contributed by atoms with Crippen molar-refractivity contribution in [1.82, 2.24) is 0 Å². The van der Waals surface area contributed by atoms with Gasteiger partial charge < -0.3 is 5.11 Å². The van der Waals surface area contributed by atoms with Crippen LogP contribution in [-0.2, 0) is 0 Å². The molecule has 1 aromatic rings. The van der Waals surface area contributed by atoms with Gasteiger partial charge in [0.15, 0.2) is 5.78 Å². The van der Waals surface area contributed by atoms with Crippen LogP contribution in [0, 0.1) is 0 Å². The average molecular weight is 174 g/mol. The number of rotatable bonds is 3. The molecule has 64 valence electrons. The lowest BCUT2D eigenvalue weighted by Gasteiger charge is -2.01. The minimum atomic E-state index is -1.11. The van der Waals surface area contributed by atoms with Gasteiger partial charge in [-0.25, -0.2) is 4.79 Å². The first-order valence-electron chi connectivity index (χ1n) is 3.72. The maximum atomic E-state index is 11.2. The summed E-state index contributed by atoms with van der Waals surface area (Å²) in [6.45, 7) is 0. The highest BCUT2D eigenvalue weighted by Gasteiger charge is 2.13. The molecule has 0 saturated carbocycles. The molecule has 1 N–H and O–H groups in total. The molecule has 0 atom stereocenters. The Hall–Kier alpha value is -1.58. The van der Waals surface area contributed by atoms with Crippen LogP contribution in [0.5, 0.6) is 0 Å². The highest BCUT2D eigenvalue weighted by Crippen LogP contribution is 2.10. The number of hydrogen-bond donors (Lipinski definition) is 1. The Kier molecular flexibility index (Phi) is 2.85. The highest BCUT2D eigenvalue weighted by molar-refractivity contribution is 6.25. The fraction of sp³-hybridized carbons (Fsp3) is 0.111. The number of carboxylic acids is 1. The van der Waals surface area contributed by atoms with Gasteiger partial charge in [0.25, 0.3) is 0 Å². The van der Waals surface area contributed by atoms with E-state index in [1.54, 1.807) is 12.1 Å². The maximum Gasteiger partial charge on any atom is 0.336 e. The summed E-state index contributed by atoms with van der Waals surface area (Å²) in [5.41, 5.74) is 0.162. The standard InChI is InChI=1S/C9H7BO3/c10-5-8(11)6-3-1-2-4-7(6)9(12)13/h1-4H,5H2,(H,12,13). The number of ketones is 1. The Balaban J connectivity index is 3.19.